The normalized spacial score (nSPS) is 11.8. The van der Waals surface area contributed by atoms with Crippen LogP contribution in [0.4, 0.5) is 14.9 Å². The van der Waals surface area contributed by atoms with E-state index in [9.17, 15) is 14.0 Å². The number of benzene rings is 1. The van der Waals surface area contributed by atoms with Crippen LogP contribution in [-0.4, -0.2) is 35.2 Å². The first-order chi connectivity index (χ1) is 9.85. The van der Waals surface area contributed by atoms with Gasteiger partial charge >= 0.3 is 12.0 Å². The molecule has 1 rings (SSSR count). The second kappa shape index (κ2) is 8.23. The number of carboxylic acids is 1. The summed E-state index contributed by atoms with van der Waals surface area (Å²) in [6.45, 7) is 1.65. The SMILES string of the molecule is CSCCC(NC(=O)Nc1cc(Br)c(F)cc1C)C(=O)O. The lowest BCUT2D eigenvalue weighted by molar-refractivity contribution is -0.139. The van der Waals surface area contributed by atoms with Gasteiger partial charge in [0, 0.05) is 5.69 Å². The van der Waals surface area contributed by atoms with Crippen LogP contribution in [0.15, 0.2) is 16.6 Å². The Kier molecular flexibility index (Phi) is 6.97. The average Bonchev–Trinajstić information content (AvgIpc) is 2.40. The molecule has 0 aliphatic rings. The minimum Gasteiger partial charge on any atom is -0.480 e. The number of hydrogen-bond donors (Lipinski definition) is 3. The third-order valence-corrected chi connectivity index (χ3v) is 3.98. The van der Waals surface area contributed by atoms with Crippen LogP contribution in [0.25, 0.3) is 0 Å². The van der Waals surface area contributed by atoms with Gasteiger partial charge in [-0.3, -0.25) is 0 Å². The van der Waals surface area contributed by atoms with Crippen molar-refractivity contribution < 1.29 is 19.1 Å². The number of carboxylic acid groups (broad SMARTS) is 1. The molecule has 0 aliphatic carbocycles. The lowest BCUT2D eigenvalue weighted by atomic mass is 10.2. The number of anilines is 1. The van der Waals surface area contributed by atoms with Gasteiger partial charge in [0.15, 0.2) is 0 Å². The fourth-order valence-electron chi connectivity index (χ4n) is 1.59. The van der Waals surface area contributed by atoms with E-state index in [2.05, 4.69) is 26.6 Å². The summed E-state index contributed by atoms with van der Waals surface area (Å²) in [6.07, 6.45) is 2.19. The fraction of sp³-hybridized carbons (Fsp3) is 0.385. The van der Waals surface area contributed by atoms with Crippen molar-refractivity contribution in [3.63, 3.8) is 0 Å². The Morgan fingerprint density at radius 2 is 2.14 bits per heavy atom. The number of aliphatic carboxylic acids is 1. The van der Waals surface area contributed by atoms with Gasteiger partial charge in [0.2, 0.25) is 0 Å². The highest BCUT2D eigenvalue weighted by atomic mass is 79.9. The summed E-state index contributed by atoms with van der Waals surface area (Å²) >= 11 is 4.54. The lowest BCUT2D eigenvalue weighted by Crippen LogP contribution is -2.43. The van der Waals surface area contributed by atoms with Crippen molar-refractivity contribution in [1.29, 1.82) is 0 Å². The number of thioether (sulfide) groups is 1. The van der Waals surface area contributed by atoms with E-state index in [1.165, 1.54) is 23.9 Å². The number of rotatable bonds is 6. The van der Waals surface area contributed by atoms with Gasteiger partial charge in [-0.2, -0.15) is 11.8 Å². The molecule has 0 saturated carbocycles. The average molecular weight is 379 g/mol. The van der Waals surface area contributed by atoms with E-state index in [-0.39, 0.29) is 4.47 Å². The van der Waals surface area contributed by atoms with E-state index in [1.54, 1.807) is 6.92 Å². The molecule has 3 N–H and O–H groups in total. The van der Waals surface area contributed by atoms with Crippen molar-refractivity contribution in [1.82, 2.24) is 5.32 Å². The number of halogens is 2. The van der Waals surface area contributed by atoms with Crippen molar-refractivity contribution in [3.05, 3.63) is 28.0 Å². The summed E-state index contributed by atoms with van der Waals surface area (Å²) in [5.74, 6) is -0.892. The van der Waals surface area contributed by atoms with Crippen molar-refractivity contribution in [2.45, 2.75) is 19.4 Å². The first-order valence-electron chi connectivity index (χ1n) is 6.10. The summed E-state index contributed by atoms with van der Waals surface area (Å²) in [6, 6.07) is 1.12. The molecule has 0 radical (unpaired) electrons. The largest absolute Gasteiger partial charge is 0.480 e. The first kappa shape index (κ1) is 17.8. The quantitative estimate of drug-likeness (QED) is 0.709. The maximum Gasteiger partial charge on any atom is 0.326 e. The predicted octanol–water partition coefficient (Wildman–Crippen LogP) is 3.22. The molecule has 21 heavy (non-hydrogen) atoms. The van der Waals surface area contributed by atoms with Crippen LogP contribution in [-0.2, 0) is 4.79 Å². The minimum absolute atomic E-state index is 0.223. The molecule has 8 heteroatoms. The monoisotopic (exact) mass is 378 g/mol. The molecule has 1 unspecified atom stereocenters. The third kappa shape index (κ3) is 5.55. The second-order valence-corrected chi connectivity index (χ2v) is 6.19. The van der Waals surface area contributed by atoms with Crippen LogP contribution in [0, 0.1) is 12.7 Å². The van der Waals surface area contributed by atoms with Gasteiger partial charge in [-0.25, -0.2) is 14.0 Å². The Bertz CT molecular complexity index is 542. The van der Waals surface area contributed by atoms with Gasteiger partial charge in [0.1, 0.15) is 11.9 Å². The fourth-order valence-corrected chi connectivity index (χ4v) is 2.41. The number of nitrogens with one attached hydrogen (secondary N) is 2. The Labute approximate surface area is 134 Å². The molecule has 1 aromatic carbocycles. The van der Waals surface area contributed by atoms with E-state index in [0.717, 1.165) is 0 Å². The maximum atomic E-state index is 13.3. The zero-order valence-corrected chi connectivity index (χ0v) is 14.0. The van der Waals surface area contributed by atoms with E-state index in [1.807, 2.05) is 6.26 Å². The number of carbonyl (C=O) groups excluding carboxylic acids is 1. The van der Waals surface area contributed by atoms with Crippen LogP contribution < -0.4 is 10.6 Å². The molecule has 1 aromatic rings. The second-order valence-electron chi connectivity index (χ2n) is 4.35. The standard InChI is InChI=1S/C13H16BrFN2O3S/c1-7-5-9(15)8(14)6-11(7)17-13(20)16-10(12(18)19)3-4-21-2/h5-6,10H,3-4H2,1-2H3,(H,18,19)(H2,16,17,20). The lowest BCUT2D eigenvalue weighted by Gasteiger charge is -2.15. The predicted molar refractivity (Wildman–Crippen MR) is 85.4 cm³/mol. The zero-order valence-electron chi connectivity index (χ0n) is 11.6. The Hall–Kier alpha value is -1.28. The van der Waals surface area contributed by atoms with Gasteiger partial charge in [0.05, 0.1) is 4.47 Å². The molecule has 0 spiro atoms. The van der Waals surface area contributed by atoms with Crippen molar-refractivity contribution in [3.8, 4) is 0 Å². The number of amides is 2. The van der Waals surface area contributed by atoms with Crippen molar-refractivity contribution >= 4 is 45.4 Å². The third-order valence-electron chi connectivity index (χ3n) is 2.73. The van der Waals surface area contributed by atoms with Gasteiger partial charge < -0.3 is 15.7 Å². The van der Waals surface area contributed by atoms with E-state index in [0.29, 0.717) is 23.4 Å². The Balaban J connectivity index is 2.72. The molecular weight excluding hydrogens is 363 g/mol. The first-order valence-corrected chi connectivity index (χ1v) is 8.28. The minimum atomic E-state index is -1.09. The maximum absolute atomic E-state index is 13.3. The highest BCUT2D eigenvalue weighted by molar-refractivity contribution is 9.10. The molecule has 0 fully saturated rings. The van der Waals surface area contributed by atoms with Crippen LogP contribution in [0.3, 0.4) is 0 Å². The molecule has 1 atom stereocenters. The van der Waals surface area contributed by atoms with E-state index in [4.69, 9.17) is 5.11 Å². The number of hydrogen-bond acceptors (Lipinski definition) is 3. The molecule has 116 valence electrons. The van der Waals surface area contributed by atoms with Crippen molar-refractivity contribution in [2.24, 2.45) is 0 Å². The van der Waals surface area contributed by atoms with Crippen LogP contribution in [0.1, 0.15) is 12.0 Å². The van der Waals surface area contributed by atoms with Gasteiger partial charge in [-0.05, 0) is 59.0 Å². The topological polar surface area (TPSA) is 78.4 Å². The van der Waals surface area contributed by atoms with Gasteiger partial charge in [-0.1, -0.05) is 0 Å². The van der Waals surface area contributed by atoms with Gasteiger partial charge in [0.25, 0.3) is 0 Å². The van der Waals surface area contributed by atoms with E-state index < -0.39 is 23.9 Å². The summed E-state index contributed by atoms with van der Waals surface area (Å²) in [5.41, 5.74) is 0.955. The van der Waals surface area contributed by atoms with Crippen LogP contribution in [0.2, 0.25) is 0 Å². The molecule has 2 amide bonds. The number of aryl methyl sites for hydroxylation is 1. The summed E-state index contributed by atoms with van der Waals surface area (Å²) in [7, 11) is 0. The molecular formula is C13H16BrFN2O3S. The highest BCUT2D eigenvalue weighted by Gasteiger charge is 2.19. The number of urea groups is 1. The Morgan fingerprint density at radius 3 is 2.71 bits per heavy atom. The molecule has 0 heterocycles. The highest BCUT2D eigenvalue weighted by Crippen LogP contribution is 2.24. The van der Waals surface area contributed by atoms with E-state index >= 15 is 0 Å². The van der Waals surface area contributed by atoms with Crippen LogP contribution in [0.5, 0.6) is 0 Å². The van der Waals surface area contributed by atoms with Crippen LogP contribution >= 0.6 is 27.7 Å². The zero-order chi connectivity index (χ0) is 16.0. The molecule has 0 aromatic heterocycles. The smallest absolute Gasteiger partial charge is 0.326 e. The number of carbonyl (C=O) groups is 2. The summed E-state index contributed by atoms with van der Waals surface area (Å²) in [4.78, 5) is 22.9. The summed E-state index contributed by atoms with van der Waals surface area (Å²) < 4.78 is 13.5. The molecule has 0 saturated heterocycles. The summed E-state index contributed by atoms with van der Waals surface area (Å²) in [5, 5.41) is 14.0. The molecule has 5 nitrogen and oxygen atoms in total. The molecule has 0 aliphatic heterocycles. The van der Waals surface area contributed by atoms with Gasteiger partial charge in [-0.15, -0.1) is 0 Å². The molecule has 0 bridgehead atoms. The van der Waals surface area contributed by atoms with Crippen molar-refractivity contribution in [2.75, 3.05) is 17.3 Å². The Morgan fingerprint density at radius 1 is 1.48 bits per heavy atom.